The number of thioether (sulfide) groups is 1. The summed E-state index contributed by atoms with van der Waals surface area (Å²) in [6, 6.07) is 11.4. The molecule has 3 aromatic rings. The van der Waals surface area contributed by atoms with E-state index in [-0.39, 0.29) is 5.91 Å². The van der Waals surface area contributed by atoms with Crippen molar-refractivity contribution in [1.82, 2.24) is 15.2 Å². The van der Waals surface area contributed by atoms with E-state index >= 15 is 0 Å². The molecule has 1 aliphatic rings. The van der Waals surface area contributed by atoms with Gasteiger partial charge in [0.05, 0.1) is 5.69 Å². The van der Waals surface area contributed by atoms with Gasteiger partial charge in [-0.25, -0.2) is 0 Å². The highest BCUT2D eigenvalue weighted by atomic mass is 35.5. The van der Waals surface area contributed by atoms with Crippen LogP contribution in [0.2, 0.25) is 5.02 Å². The van der Waals surface area contributed by atoms with E-state index in [2.05, 4.69) is 24.0 Å². The minimum atomic E-state index is -0.743. The molecule has 0 aliphatic carbocycles. The number of aryl methyl sites for hydroxylation is 2. The summed E-state index contributed by atoms with van der Waals surface area (Å²) < 4.78 is 6.42. The molecule has 0 unspecified atom stereocenters. The number of aromatic nitrogens is 3. The first-order valence-electron chi connectivity index (χ1n) is 10.5. The van der Waals surface area contributed by atoms with Crippen molar-refractivity contribution >= 4 is 35.0 Å². The Balaban J connectivity index is 1.95. The van der Waals surface area contributed by atoms with Crippen LogP contribution in [0.3, 0.4) is 0 Å². The number of carbonyl (C=O) groups excluding carboxylic acids is 1. The second kappa shape index (κ2) is 9.08. The van der Waals surface area contributed by atoms with Crippen LogP contribution < -0.4 is 9.64 Å². The Kier molecular flexibility index (Phi) is 6.40. The zero-order chi connectivity index (χ0) is 23.0. The highest BCUT2D eigenvalue weighted by Crippen LogP contribution is 2.45. The number of amides is 1. The average molecular weight is 469 g/mol. The molecule has 166 valence electrons. The van der Waals surface area contributed by atoms with Gasteiger partial charge in [-0.3, -0.25) is 9.69 Å². The predicted octanol–water partition coefficient (Wildman–Crippen LogP) is 6.00. The topological polar surface area (TPSA) is 68.2 Å². The van der Waals surface area contributed by atoms with Gasteiger partial charge >= 0.3 is 0 Å². The van der Waals surface area contributed by atoms with E-state index in [0.29, 0.717) is 27.7 Å². The highest BCUT2D eigenvalue weighted by molar-refractivity contribution is 7.99. The lowest BCUT2D eigenvalue weighted by molar-refractivity contribution is -0.118. The summed E-state index contributed by atoms with van der Waals surface area (Å²) in [6.45, 7) is 9.81. The molecule has 0 fully saturated rings. The Morgan fingerprint density at radius 3 is 2.69 bits per heavy atom. The second-order valence-electron chi connectivity index (χ2n) is 8.35. The van der Waals surface area contributed by atoms with Crippen LogP contribution in [0, 0.1) is 19.8 Å². The van der Waals surface area contributed by atoms with E-state index in [4.69, 9.17) is 21.3 Å². The number of halogens is 1. The van der Waals surface area contributed by atoms with Crippen LogP contribution in [0.15, 0.2) is 41.6 Å². The summed E-state index contributed by atoms with van der Waals surface area (Å²) in [4.78, 5) is 19.3. The zero-order valence-corrected chi connectivity index (χ0v) is 20.3. The molecule has 32 heavy (non-hydrogen) atoms. The molecule has 4 rings (SSSR count). The molecule has 2 heterocycles. The lowest BCUT2D eigenvalue weighted by Crippen LogP contribution is -2.36. The van der Waals surface area contributed by atoms with Crippen molar-refractivity contribution in [2.24, 2.45) is 5.92 Å². The van der Waals surface area contributed by atoms with Gasteiger partial charge < -0.3 is 4.74 Å². The standard InChI is InChI=1S/C24H25ClN4O2S/c1-13(2)12-32-24-26-22-20(27-28-24)19-10-14(3)9-15(4)21(19)29(16(5)30)23(31-22)17-7-6-8-18(25)11-17/h6-11,13,23H,12H2,1-5H3/t23-/m1/s1. The van der Waals surface area contributed by atoms with Gasteiger partial charge in [-0.05, 0) is 43.5 Å². The molecule has 6 nitrogen and oxygen atoms in total. The summed E-state index contributed by atoms with van der Waals surface area (Å²) in [5, 5.41) is 9.95. The molecule has 8 heteroatoms. The molecule has 0 N–H and O–H groups in total. The van der Waals surface area contributed by atoms with Gasteiger partial charge in [0, 0.05) is 28.8 Å². The molecule has 0 saturated heterocycles. The van der Waals surface area contributed by atoms with Gasteiger partial charge in [0.1, 0.15) is 0 Å². The van der Waals surface area contributed by atoms with Gasteiger partial charge in [-0.1, -0.05) is 61.0 Å². The van der Waals surface area contributed by atoms with E-state index in [0.717, 1.165) is 33.7 Å². The SMILES string of the molecule is CC(=O)N1c2c(C)cc(C)cc2-c2nnc(SCC(C)C)nc2O[C@@H]1c1cccc(Cl)c1. The second-order valence-corrected chi connectivity index (χ2v) is 9.77. The first kappa shape index (κ1) is 22.6. The fourth-order valence-corrected chi connectivity index (χ4v) is 4.71. The van der Waals surface area contributed by atoms with Crippen LogP contribution in [0.5, 0.6) is 5.88 Å². The average Bonchev–Trinajstić information content (AvgIpc) is 2.87. The Morgan fingerprint density at radius 2 is 2.00 bits per heavy atom. The maximum atomic E-state index is 13.0. The summed E-state index contributed by atoms with van der Waals surface area (Å²) in [5.41, 5.74) is 4.79. The fourth-order valence-electron chi connectivity index (χ4n) is 3.79. The Hall–Kier alpha value is -2.64. The van der Waals surface area contributed by atoms with Gasteiger partial charge in [0.2, 0.25) is 23.2 Å². The lowest BCUT2D eigenvalue weighted by atomic mass is 10.00. The number of hydrogen-bond acceptors (Lipinski definition) is 6. The quantitative estimate of drug-likeness (QED) is 0.437. The van der Waals surface area contributed by atoms with Crippen molar-refractivity contribution < 1.29 is 9.53 Å². The number of anilines is 1. The van der Waals surface area contributed by atoms with Crippen molar-refractivity contribution in [2.75, 3.05) is 10.7 Å². The minimum Gasteiger partial charge on any atom is -0.447 e. The van der Waals surface area contributed by atoms with Crippen LogP contribution >= 0.6 is 23.4 Å². The largest absolute Gasteiger partial charge is 0.447 e. The van der Waals surface area contributed by atoms with E-state index in [1.807, 2.05) is 38.1 Å². The van der Waals surface area contributed by atoms with Crippen molar-refractivity contribution in [3.8, 4) is 17.1 Å². The molecule has 0 radical (unpaired) electrons. The Morgan fingerprint density at radius 1 is 1.22 bits per heavy atom. The molecule has 1 atom stereocenters. The van der Waals surface area contributed by atoms with E-state index in [9.17, 15) is 4.79 Å². The van der Waals surface area contributed by atoms with Gasteiger partial charge in [-0.15, -0.1) is 10.2 Å². The third-order valence-corrected chi connectivity index (χ3v) is 6.55. The highest BCUT2D eigenvalue weighted by Gasteiger charge is 2.36. The third-order valence-electron chi connectivity index (χ3n) is 5.05. The van der Waals surface area contributed by atoms with E-state index in [1.165, 1.54) is 18.7 Å². The minimum absolute atomic E-state index is 0.154. The number of carbonyl (C=O) groups is 1. The number of fused-ring (bicyclic) bond motifs is 3. The van der Waals surface area contributed by atoms with E-state index < -0.39 is 6.23 Å². The lowest BCUT2D eigenvalue weighted by Gasteiger charge is -2.31. The number of nitrogens with zero attached hydrogens (tertiary/aromatic N) is 4. The Labute approximate surface area is 197 Å². The smallest absolute Gasteiger partial charge is 0.247 e. The van der Waals surface area contributed by atoms with Gasteiger partial charge in [-0.2, -0.15) is 4.98 Å². The van der Waals surface area contributed by atoms with Gasteiger partial charge in [0.25, 0.3) is 0 Å². The molecule has 1 amide bonds. The number of hydrogen-bond donors (Lipinski definition) is 0. The van der Waals surface area contributed by atoms with Crippen LogP contribution in [-0.2, 0) is 4.79 Å². The zero-order valence-electron chi connectivity index (χ0n) is 18.7. The summed E-state index contributed by atoms with van der Waals surface area (Å²) in [6.07, 6.45) is -0.743. The van der Waals surface area contributed by atoms with Crippen LogP contribution in [0.4, 0.5) is 5.69 Å². The van der Waals surface area contributed by atoms with Crippen molar-refractivity contribution in [3.05, 3.63) is 58.1 Å². The molecular weight excluding hydrogens is 444 g/mol. The van der Waals surface area contributed by atoms with Crippen LogP contribution in [0.25, 0.3) is 11.3 Å². The van der Waals surface area contributed by atoms with Crippen molar-refractivity contribution in [2.45, 2.75) is 46.0 Å². The first-order chi connectivity index (χ1) is 15.2. The number of rotatable bonds is 4. The molecule has 0 saturated carbocycles. The van der Waals surface area contributed by atoms with Crippen LogP contribution in [-0.4, -0.2) is 26.8 Å². The first-order valence-corrected chi connectivity index (χ1v) is 11.8. The molecule has 0 bridgehead atoms. The molecule has 0 spiro atoms. The monoisotopic (exact) mass is 468 g/mol. The molecule has 2 aromatic carbocycles. The fraction of sp³-hybridized carbons (Fsp3) is 0.333. The number of benzene rings is 2. The Bertz CT molecular complexity index is 1180. The van der Waals surface area contributed by atoms with E-state index in [1.54, 1.807) is 17.0 Å². The number of ether oxygens (including phenoxy) is 1. The third kappa shape index (κ3) is 4.45. The molecule has 1 aliphatic heterocycles. The molecular formula is C24H25ClN4O2S. The molecule has 1 aromatic heterocycles. The van der Waals surface area contributed by atoms with Crippen molar-refractivity contribution in [3.63, 3.8) is 0 Å². The maximum Gasteiger partial charge on any atom is 0.247 e. The maximum absolute atomic E-state index is 13.0. The normalized spacial score (nSPS) is 15.1. The van der Waals surface area contributed by atoms with Crippen molar-refractivity contribution in [1.29, 1.82) is 0 Å². The summed E-state index contributed by atoms with van der Waals surface area (Å²) in [7, 11) is 0. The van der Waals surface area contributed by atoms with Gasteiger partial charge in [0.15, 0.2) is 5.69 Å². The van der Waals surface area contributed by atoms with Crippen LogP contribution in [0.1, 0.15) is 43.7 Å². The summed E-state index contributed by atoms with van der Waals surface area (Å²) in [5.74, 6) is 1.55. The predicted molar refractivity (Wildman–Crippen MR) is 128 cm³/mol. The summed E-state index contributed by atoms with van der Waals surface area (Å²) >= 11 is 7.82.